The second-order valence-electron chi connectivity index (χ2n) is 4.00. The van der Waals surface area contributed by atoms with Crippen molar-refractivity contribution in [1.82, 2.24) is 26.2 Å². The lowest BCUT2D eigenvalue weighted by Crippen LogP contribution is -2.46. The monoisotopic (exact) mass is 299 g/mol. The standard InChI is InChI=1S/C13H13N7O2/c14-13(19-17-11(21)9-3-1-5-15-7-9)20-18-12(22)10-4-2-6-16-8-10/h1-8H,(H,17,21)(H,18,22)(H3,14,19,20). The predicted molar refractivity (Wildman–Crippen MR) is 78.2 cm³/mol. The highest BCUT2D eigenvalue weighted by Crippen LogP contribution is 1.95. The van der Waals surface area contributed by atoms with Gasteiger partial charge in [-0.1, -0.05) is 0 Å². The van der Waals surface area contributed by atoms with E-state index < -0.39 is 11.8 Å². The quantitative estimate of drug-likeness (QED) is 0.339. The van der Waals surface area contributed by atoms with E-state index in [-0.39, 0.29) is 5.96 Å². The smallest absolute Gasteiger partial charge is 0.273 e. The molecule has 0 radical (unpaired) electrons. The van der Waals surface area contributed by atoms with E-state index in [0.29, 0.717) is 11.1 Å². The van der Waals surface area contributed by atoms with Gasteiger partial charge in [-0.05, 0) is 24.3 Å². The van der Waals surface area contributed by atoms with Crippen LogP contribution < -0.4 is 22.0 Å². The van der Waals surface area contributed by atoms with Crippen LogP contribution in [-0.2, 0) is 0 Å². The van der Waals surface area contributed by atoms with Crippen molar-refractivity contribution in [2.45, 2.75) is 0 Å². The van der Waals surface area contributed by atoms with E-state index in [4.69, 9.17) is 5.73 Å². The lowest BCUT2D eigenvalue weighted by atomic mass is 10.3. The van der Waals surface area contributed by atoms with Gasteiger partial charge >= 0.3 is 0 Å². The Hall–Kier alpha value is -3.49. The van der Waals surface area contributed by atoms with E-state index in [2.05, 4.69) is 31.3 Å². The molecule has 112 valence electrons. The summed E-state index contributed by atoms with van der Waals surface area (Å²) in [6, 6.07) is 6.40. The second kappa shape index (κ2) is 7.33. The normalized spacial score (nSPS) is 10.6. The van der Waals surface area contributed by atoms with Crippen molar-refractivity contribution >= 4 is 17.8 Å². The van der Waals surface area contributed by atoms with Gasteiger partial charge in [0.15, 0.2) is 0 Å². The summed E-state index contributed by atoms with van der Waals surface area (Å²) in [5.41, 5.74) is 13.1. The number of hydrogen-bond donors (Lipinski definition) is 4. The minimum absolute atomic E-state index is 0.186. The predicted octanol–water partition coefficient (Wildman–Crippen LogP) is -0.629. The van der Waals surface area contributed by atoms with Crippen LogP contribution in [0.3, 0.4) is 0 Å². The minimum atomic E-state index is -0.476. The molecule has 0 aliphatic carbocycles. The first-order valence-corrected chi connectivity index (χ1v) is 6.16. The molecule has 0 saturated carbocycles. The molecule has 0 aromatic carbocycles. The molecular weight excluding hydrogens is 286 g/mol. The summed E-state index contributed by atoms with van der Waals surface area (Å²) >= 11 is 0. The van der Waals surface area contributed by atoms with E-state index in [1.807, 2.05) is 0 Å². The largest absolute Gasteiger partial charge is 0.367 e. The Morgan fingerprint density at radius 3 is 2.09 bits per heavy atom. The molecule has 2 heterocycles. The first kappa shape index (κ1) is 14.9. The average molecular weight is 299 g/mol. The van der Waals surface area contributed by atoms with Gasteiger partial charge < -0.3 is 5.73 Å². The summed E-state index contributed by atoms with van der Waals surface area (Å²) in [6.07, 6.45) is 5.88. The molecule has 2 rings (SSSR count). The maximum absolute atomic E-state index is 11.7. The number of hydrazine groups is 1. The Bertz CT molecular complexity index is 673. The highest BCUT2D eigenvalue weighted by molar-refractivity contribution is 5.96. The summed E-state index contributed by atoms with van der Waals surface area (Å²) in [4.78, 5) is 31.0. The molecule has 0 aliphatic heterocycles. The van der Waals surface area contributed by atoms with Crippen LogP contribution in [0.5, 0.6) is 0 Å². The van der Waals surface area contributed by atoms with E-state index in [1.165, 1.54) is 12.4 Å². The molecular formula is C13H13N7O2. The first-order valence-electron chi connectivity index (χ1n) is 6.16. The summed E-state index contributed by atoms with van der Waals surface area (Å²) in [5.74, 6) is -1.10. The van der Waals surface area contributed by atoms with Crippen molar-refractivity contribution in [1.29, 1.82) is 0 Å². The van der Waals surface area contributed by atoms with Crippen LogP contribution in [0, 0.1) is 0 Å². The van der Waals surface area contributed by atoms with Crippen molar-refractivity contribution in [2.24, 2.45) is 10.8 Å². The molecule has 9 nitrogen and oxygen atoms in total. The highest BCUT2D eigenvalue weighted by atomic mass is 16.2. The van der Waals surface area contributed by atoms with Crippen LogP contribution >= 0.6 is 0 Å². The van der Waals surface area contributed by atoms with Gasteiger partial charge in [-0.25, -0.2) is 5.43 Å². The molecule has 0 bridgehead atoms. The van der Waals surface area contributed by atoms with Crippen molar-refractivity contribution in [3.63, 3.8) is 0 Å². The van der Waals surface area contributed by atoms with Crippen molar-refractivity contribution in [3.8, 4) is 0 Å². The fourth-order valence-electron chi connectivity index (χ4n) is 1.39. The van der Waals surface area contributed by atoms with Crippen LogP contribution in [0.4, 0.5) is 0 Å². The number of nitrogens with one attached hydrogen (secondary N) is 3. The molecule has 0 saturated heterocycles. The number of aromatic nitrogens is 2. The van der Waals surface area contributed by atoms with Gasteiger partial charge in [0.05, 0.1) is 11.1 Å². The van der Waals surface area contributed by atoms with Gasteiger partial charge in [-0.2, -0.15) is 0 Å². The maximum atomic E-state index is 11.7. The Labute approximate surface area is 125 Å². The number of hydrazone groups is 1. The Balaban J connectivity index is 1.83. The van der Waals surface area contributed by atoms with Gasteiger partial charge in [0.2, 0.25) is 5.96 Å². The van der Waals surface area contributed by atoms with Crippen LogP contribution in [0.15, 0.2) is 54.2 Å². The van der Waals surface area contributed by atoms with E-state index in [9.17, 15) is 9.59 Å². The zero-order chi connectivity index (χ0) is 15.8. The van der Waals surface area contributed by atoms with Crippen LogP contribution in [0.25, 0.3) is 0 Å². The molecule has 0 unspecified atom stereocenters. The van der Waals surface area contributed by atoms with Gasteiger partial charge in [-0.15, -0.1) is 5.10 Å². The molecule has 5 N–H and O–H groups in total. The van der Waals surface area contributed by atoms with E-state index >= 15 is 0 Å². The maximum Gasteiger partial charge on any atom is 0.273 e. The molecule has 9 heteroatoms. The summed E-state index contributed by atoms with van der Waals surface area (Å²) in [7, 11) is 0. The molecule has 2 aromatic heterocycles. The van der Waals surface area contributed by atoms with Crippen LogP contribution in [0.2, 0.25) is 0 Å². The minimum Gasteiger partial charge on any atom is -0.367 e. The van der Waals surface area contributed by atoms with Gasteiger partial charge in [0.25, 0.3) is 11.8 Å². The third kappa shape index (κ3) is 4.27. The molecule has 2 amide bonds. The zero-order valence-corrected chi connectivity index (χ0v) is 11.4. The SMILES string of the molecule is N/C(=N/NC(=O)c1cccnc1)NNC(=O)c1cccnc1. The number of amides is 2. The van der Waals surface area contributed by atoms with Gasteiger partial charge in [0, 0.05) is 24.8 Å². The fraction of sp³-hybridized carbons (Fsp3) is 0. The lowest BCUT2D eigenvalue weighted by Gasteiger charge is -2.07. The molecule has 0 atom stereocenters. The number of guanidine groups is 1. The summed E-state index contributed by atoms with van der Waals surface area (Å²) in [5, 5.41) is 3.59. The zero-order valence-electron chi connectivity index (χ0n) is 11.4. The molecule has 0 aliphatic rings. The molecule has 2 aromatic rings. The summed E-state index contributed by atoms with van der Waals surface area (Å²) in [6.45, 7) is 0. The van der Waals surface area contributed by atoms with Gasteiger partial charge in [-0.3, -0.25) is 30.4 Å². The van der Waals surface area contributed by atoms with Crippen molar-refractivity contribution < 1.29 is 9.59 Å². The first-order chi connectivity index (χ1) is 10.7. The average Bonchev–Trinajstić information content (AvgIpc) is 2.59. The van der Waals surface area contributed by atoms with Gasteiger partial charge in [0.1, 0.15) is 0 Å². The molecule has 0 spiro atoms. The third-order valence-electron chi connectivity index (χ3n) is 2.43. The highest BCUT2D eigenvalue weighted by Gasteiger charge is 2.06. The second-order valence-corrected chi connectivity index (χ2v) is 4.00. The number of carbonyl (C=O) groups excluding carboxylic acids is 2. The Morgan fingerprint density at radius 1 is 0.955 bits per heavy atom. The Kier molecular flexibility index (Phi) is 4.97. The Morgan fingerprint density at radius 2 is 1.55 bits per heavy atom. The van der Waals surface area contributed by atoms with E-state index in [0.717, 1.165) is 0 Å². The van der Waals surface area contributed by atoms with Crippen LogP contribution in [0.1, 0.15) is 20.7 Å². The lowest BCUT2D eigenvalue weighted by molar-refractivity contribution is 0.0942. The topological polar surface area (TPSA) is 134 Å². The molecule has 22 heavy (non-hydrogen) atoms. The fourth-order valence-corrected chi connectivity index (χ4v) is 1.39. The third-order valence-corrected chi connectivity index (χ3v) is 2.43. The van der Waals surface area contributed by atoms with Crippen LogP contribution in [-0.4, -0.2) is 27.7 Å². The number of rotatable bonds is 3. The number of nitrogens with two attached hydrogens (primary N) is 1. The molecule has 0 fully saturated rings. The number of carbonyl (C=O) groups is 2. The number of pyridine rings is 2. The van der Waals surface area contributed by atoms with Crippen molar-refractivity contribution in [2.75, 3.05) is 0 Å². The number of hydrogen-bond acceptors (Lipinski definition) is 5. The van der Waals surface area contributed by atoms with Crippen molar-refractivity contribution in [3.05, 3.63) is 60.2 Å². The van der Waals surface area contributed by atoms with E-state index in [1.54, 1.807) is 36.7 Å². The number of nitrogens with zero attached hydrogens (tertiary/aromatic N) is 3. The summed E-state index contributed by atoms with van der Waals surface area (Å²) < 4.78 is 0.